The first-order chi connectivity index (χ1) is 8.22. The van der Waals surface area contributed by atoms with Crippen LogP contribution in [0.15, 0.2) is 24.4 Å². The molecule has 0 amide bonds. The van der Waals surface area contributed by atoms with Crippen molar-refractivity contribution in [1.29, 1.82) is 0 Å². The molecule has 0 saturated heterocycles. The summed E-state index contributed by atoms with van der Waals surface area (Å²) < 4.78 is 0. The zero-order valence-corrected chi connectivity index (χ0v) is 10.6. The van der Waals surface area contributed by atoms with Gasteiger partial charge in [-0.15, -0.1) is 0 Å². The lowest BCUT2D eigenvalue weighted by Crippen LogP contribution is -2.22. The van der Waals surface area contributed by atoms with Crippen LogP contribution in [0.5, 0.6) is 0 Å². The molecule has 0 saturated carbocycles. The van der Waals surface area contributed by atoms with Crippen LogP contribution in [-0.2, 0) is 0 Å². The van der Waals surface area contributed by atoms with Crippen LogP contribution in [0.2, 0.25) is 5.02 Å². The summed E-state index contributed by atoms with van der Waals surface area (Å²) in [7, 11) is 0. The highest BCUT2D eigenvalue weighted by atomic mass is 35.5. The Bertz CT molecular complexity index is 481. The minimum absolute atomic E-state index is 0.0249. The summed E-state index contributed by atoms with van der Waals surface area (Å²) in [5.74, 6) is 0. The second-order valence-electron chi connectivity index (χ2n) is 3.89. The number of hydrogen-bond acceptors (Lipinski definition) is 3. The van der Waals surface area contributed by atoms with E-state index in [1.807, 2.05) is 19.1 Å². The maximum Gasteiger partial charge on any atom is 0.104 e. The molecule has 1 unspecified atom stereocenters. The molecule has 0 aliphatic rings. The van der Waals surface area contributed by atoms with Crippen LogP contribution in [0.25, 0.3) is 0 Å². The van der Waals surface area contributed by atoms with Crippen molar-refractivity contribution in [3.05, 3.63) is 46.2 Å². The number of benzene rings is 1. The first kappa shape index (κ1) is 12.1. The van der Waals surface area contributed by atoms with Crippen molar-refractivity contribution in [2.24, 2.45) is 0 Å². The zero-order valence-electron chi connectivity index (χ0n) is 9.87. The van der Waals surface area contributed by atoms with Crippen molar-refractivity contribution < 1.29 is 0 Å². The third-order valence-corrected chi connectivity index (χ3v) is 3.07. The molecular weight excluding hydrogens is 236 g/mol. The average Bonchev–Trinajstić information content (AvgIpc) is 2.83. The minimum Gasteiger partial charge on any atom is -0.305 e. The number of nitrogens with zero attached hydrogens (tertiary/aromatic N) is 2. The van der Waals surface area contributed by atoms with Gasteiger partial charge in [-0.3, -0.25) is 0 Å². The molecule has 4 nitrogen and oxygen atoms in total. The molecule has 0 aliphatic heterocycles. The summed E-state index contributed by atoms with van der Waals surface area (Å²) in [5, 5.41) is 14.7. The lowest BCUT2D eigenvalue weighted by molar-refractivity contribution is 0.613. The predicted molar refractivity (Wildman–Crippen MR) is 68.1 cm³/mol. The number of halogens is 1. The van der Waals surface area contributed by atoms with E-state index < -0.39 is 0 Å². The summed E-state index contributed by atoms with van der Waals surface area (Å²) >= 11 is 6.15. The number of rotatable bonds is 4. The fourth-order valence-electron chi connectivity index (χ4n) is 1.74. The van der Waals surface area contributed by atoms with Gasteiger partial charge in [0.15, 0.2) is 0 Å². The molecule has 17 heavy (non-hydrogen) atoms. The Labute approximate surface area is 105 Å². The number of aromatic nitrogens is 3. The first-order valence-corrected chi connectivity index (χ1v) is 5.95. The molecular formula is C12H15ClN4. The molecule has 5 heteroatoms. The predicted octanol–water partition coefficient (Wildman–Crippen LogP) is 2.47. The van der Waals surface area contributed by atoms with Gasteiger partial charge in [-0.05, 0) is 30.7 Å². The van der Waals surface area contributed by atoms with Gasteiger partial charge in [-0.25, -0.2) is 0 Å². The van der Waals surface area contributed by atoms with Gasteiger partial charge >= 0.3 is 0 Å². The highest BCUT2D eigenvalue weighted by Crippen LogP contribution is 2.24. The van der Waals surface area contributed by atoms with Gasteiger partial charge in [-0.2, -0.15) is 15.4 Å². The summed E-state index contributed by atoms with van der Waals surface area (Å²) in [4.78, 5) is 0. The lowest BCUT2D eigenvalue weighted by atomic mass is 10.0. The van der Waals surface area contributed by atoms with E-state index in [0.717, 1.165) is 28.4 Å². The zero-order chi connectivity index (χ0) is 12.3. The van der Waals surface area contributed by atoms with Crippen LogP contribution in [0, 0.1) is 6.92 Å². The Morgan fingerprint density at radius 1 is 1.47 bits per heavy atom. The van der Waals surface area contributed by atoms with Crippen molar-refractivity contribution >= 4 is 11.6 Å². The van der Waals surface area contributed by atoms with Gasteiger partial charge in [0.25, 0.3) is 0 Å². The van der Waals surface area contributed by atoms with E-state index in [1.165, 1.54) is 0 Å². The van der Waals surface area contributed by atoms with Crippen molar-refractivity contribution in [1.82, 2.24) is 20.7 Å². The fraction of sp³-hybridized carbons (Fsp3) is 0.333. The summed E-state index contributed by atoms with van der Waals surface area (Å²) in [6, 6.07) is 6.07. The molecule has 1 atom stereocenters. The van der Waals surface area contributed by atoms with Crippen molar-refractivity contribution in [2.45, 2.75) is 19.9 Å². The Hall–Kier alpha value is -1.39. The van der Waals surface area contributed by atoms with Gasteiger partial charge < -0.3 is 5.32 Å². The molecule has 1 heterocycles. The average molecular weight is 251 g/mol. The van der Waals surface area contributed by atoms with E-state index >= 15 is 0 Å². The van der Waals surface area contributed by atoms with Crippen LogP contribution in [0.4, 0.5) is 0 Å². The van der Waals surface area contributed by atoms with Crippen molar-refractivity contribution in [3.63, 3.8) is 0 Å². The molecule has 2 aromatic rings. The highest BCUT2D eigenvalue weighted by molar-refractivity contribution is 6.31. The van der Waals surface area contributed by atoms with Gasteiger partial charge in [0.05, 0.1) is 12.2 Å². The monoisotopic (exact) mass is 250 g/mol. The third-order valence-electron chi connectivity index (χ3n) is 2.67. The second kappa shape index (κ2) is 5.29. The topological polar surface area (TPSA) is 53.6 Å². The molecule has 0 bridgehead atoms. The van der Waals surface area contributed by atoms with Gasteiger partial charge in [0, 0.05) is 5.02 Å². The van der Waals surface area contributed by atoms with Crippen LogP contribution >= 0.6 is 11.6 Å². The number of H-pyrrole nitrogens is 1. The Balaban J connectivity index is 2.35. The molecule has 2 rings (SSSR count). The van der Waals surface area contributed by atoms with E-state index in [1.54, 1.807) is 6.20 Å². The quantitative estimate of drug-likeness (QED) is 0.877. The largest absolute Gasteiger partial charge is 0.305 e. The summed E-state index contributed by atoms with van der Waals surface area (Å²) in [6.07, 6.45) is 1.72. The van der Waals surface area contributed by atoms with E-state index in [4.69, 9.17) is 11.6 Å². The Morgan fingerprint density at radius 3 is 2.88 bits per heavy atom. The lowest BCUT2D eigenvalue weighted by Gasteiger charge is -2.16. The van der Waals surface area contributed by atoms with E-state index in [-0.39, 0.29) is 6.04 Å². The Kier molecular flexibility index (Phi) is 3.76. The standard InChI is InChI=1S/C12H15ClN4/c1-3-14-12(11-7-15-17-16-11)9-5-4-8(2)10(13)6-9/h4-7,12,14H,3H2,1-2H3,(H,15,16,17). The van der Waals surface area contributed by atoms with Crippen LogP contribution in [0.3, 0.4) is 0 Å². The van der Waals surface area contributed by atoms with E-state index in [2.05, 4.69) is 33.7 Å². The fourth-order valence-corrected chi connectivity index (χ4v) is 1.92. The molecule has 0 radical (unpaired) electrons. The van der Waals surface area contributed by atoms with E-state index in [0.29, 0.717) is 0 Å². The summed E-state index contributed by atoms with van der Waals surface area (Å²) in [6.45, 7) is 4.90. The molecule has 0 fully saturated rings. The normalized spacial score (nSPS) is 12.6. The van der Waals surface area contributed by atoms with Crippen LogP contribution in [0.1, 0.15) is 29.8 Å². The minimum atomic E-state index is 0.0249. The SMILES string of the molecule is CCNC(c1ccc(C)c(Cl)c1)c1cn[nH]n1. The molecule has 90 valence electrons. The Morgan fingerprint density at radius 2 is 2.29 bits per heavy atom. The highest BCUT2D eigenvalue weighted by Gasteiger charge is 2.16. The van der Waals surface area contributed by atoms with Crippen molar-refractivity contribution in [2.75, 3.05) is 6.54 Å². The smallest absolute Gasteiger partial charge is 0.104 e. The molecule has 1 aromatic heterocycles. The van der Waals surface area contributed by atoms with Gasteiger partial charge in [-0.1, -0.05) is 30.7 Å². The third kappa shape index (κ3) is 2.65. The molecule has 0 aliphatic carbocycles. The summed E-state index contributed by atoms with van der Waals surface area (Å²) in [5.41, 5.74) is 3.04. The molecule has 1 aromatic carbocycles. The van der Waals surface area contributed by atoms with Gasteiger partial charge in [0.1, 0.15) is 5.69 Å². The maximum atomic E-state index is 6.15. The molecule has 2 N–H and O–H groups in total. The number of aryl methyl sites for hydroxylation is 1. The first-order valence-electron chi connectivity index (χ1n) is 5.57. The van der Waals surface area contributed by atoms with Crippen molar-refractivity contribution in [3.8, 4) is 0 Å². The maximum absolute atomic E-state index is 6.15. The second-order valence-corrected chi connectivity index (χ2v) is 4.30. The number of nitrogens with one attached hydrogen (secondary N) is 2. The molecule has 0 spiro atoms. The van der Waals surface area contributed by atoms with Crippen LogP contribution in [-0.4, -0.2) is 22.0 Å². The van der Waals surface area contributed by atoms with E-state index in [9.17, 15) is 0 Å². The van der Waals surface area contributed by atoms with Crippen LogP contribution < -0.4 is 5.32 Å². The van der Waals surface area contributed by atoms with Gasteiger partial charge in [0.2, 0.25) is 0 Å². The number of aromatic amines is 1. The number of hydrogen-bond donors (Lipinski definition) is 2.